The molecule has 0 aromatic heterocycles. The summed E-state index contributed by atoms with van der Waals surface area (Å²) >= 11 is 5.17. The number of likely N-dealkylation sites (tertiary alicyclic amines) is 1. The van der Waals surface area contributed by atoms with E-state index in [9.17, 15) is 14.4 Å². The van der Waals surface area contributed by atoms with Crippen LogP contribution in [0.5, 0.6) is 0 Å². The fourth-order valence-corrected chi connectivity index (χ4v) is 3.59. The zero-order chi connectivity index (χ0) is 19.9. The van der Waals surface area contributed by atoms with E-state index < -0.39 is 0 Å². The van der Waals surface area contributed by atoms with Crippen molar-refractivity contribution < 1.29 is 79.8 Å². The Hall–Kier alpha value is 0.968. The molecule has 2 radical (unpaired) electrons. The van der Waals surface area contributed by atoms with Gasteiger partial charge in [-0.05, 0) is 0 Å². The molecule has 2 fully saturated rings. The second-order valence-corrected chi connectivity index (χ2v) is 9.54. The molecule has 2 heterocycles. The summed E-state index contributed by atoms with van der Waals surface area (Å²) < 4.78 is -0.201. The Morgan fingerprint density at radius 2 is 1.56 bits per heavy atom. The van der Waals surface area contributed by atoms with Crippen LogP contribution >= 0.6 is 0 Å². The van der Waals surface area contributed by atoms with Crippen LogP contribution in [0.15, 0.2) is 0 Å². The summed E-state index contributed by atoms with van der Waals surface area (Å²) in [6.45, 7) is 15.6. The number of amides is 4. The average Bonchev–Trinajstić information content (AvgIpc) is 2.46. The van der Waals surface area contributed by atoms with Gasteiger partial charge in [0.25, 0.3) is 0 Å². The molecule has 0 bridgehead atoms. The van der Waals surface area contributed by atoms with Crippen LogP contribution in [-0.2, 0) is 87.6 Å². The second-order valence-electron chi connectivity index (χ2n) is 8.49. The topological polar surface area (TPSA) is 69.7 Å². The molecule has 2 rings (SSSR count). The predicted molar refractivity (Wildman–Crippen MR) is 101 cm³/mol. The molecule has 6 nitrogen and oxygen atoms in total. The van der Waals surface area contributed by atoms with Crippen molar-refractivity contribution in [1.29, 1.82) is 0 Å². The number of urea groups is 1. The molecule has 0 aromatic carbocycles. The zero-order valence-corrected chi connectivity index (χ0v) is 24.2. The van der Waals surface area contributed by atoms with Crippen molar-refractivity contribution in [2.45, 2.75) is 58.4 Å². The van der Waals surface area contributed by atoms with Gasteiger partial charge in [0, 0.05) is 91.6 Å². The molecule has 27 heavy (non-hydrogen) atoms. The first-order valence-corrected chi connectivity index (χ1v) is 8.92. The van der Waals surface area contributed by atoms with E-state index in [0.29, 0.717) is 0 Å². The fraction of sp³-hybridized carbons (Fsp3) is 0.778. The number of nitrogens with one attached hydrogen (secondary N) is 1. The molecule has 4 amide bonds. The SMILES string of the molecule is C[C@@H]1C(=O)N[C@H]1C(C)(C)[S-].[CH2-]C(C)(C)[C@H]1[C@H](C)C(=O)N1C(=O)N(C)C.[Y].[Y]. The van der Waals surface area contributed by atoms with E-state index in [2.05, 4.69) is 12.2 Å². The maximum Gasteiger partial charge on any atom is 0.326 e. The molecule has 0 spiro atoms. The standard InChI is InChI=1S/C11H19N2O2.C7H13NOS.2Y/c1-7-8(11(2,3)4)13(9(7)14)10(15)12(5)6;1-4-5(7(2,3)10)8-6(4)9;;/h7-8H,2H2,1,3-6H3;4-5,10H,1-3H3,(H,8,9);;/q-1;;;/p-1/t7-,8+;4-,5+;;/m00../s1. The molecule has 2 saturated heterocycles. The van der Waals surface area contributed by atoms with Crippen LogP contribution in [0.2, 0.25) is 0 Å². The summed E-state index contributed by atoms with van der Waals surface area (Å²) in [5.41, 5.74) is -0.307. The van der Waals surface area contributed by atoms with Crippen LogP contribution in [0.1, 0.15) is 41.5 Å². The van der Waals surface area contributed by atoms with Crippen molar-refractivity contribution in [2.75, 3.05) is 14.1 Å². The molecule has 4 atom stereocenters. The number of rotatable bonds is 2. The summed E-state index contributed by atoms with van der Waals surface area (Å²) in [7, 11) is 3.29. The number of hydrogen-bond donors (Lipinski definition) is 1. The van der Waals surface area contributed by atoms with Crippen molar-refractivity contribution in [3.8, 4) is 0 Å². The van der Waals surface area contributed by atoms with Gasteiger partial charge >= 0.3 is 6.03 Å². The van der Waals surface area contributed by atoms with Gasteiger partial charge in [-0.15, -0.1) is 10.2 Å². The summed E-state index contributed by atoms with van der Waals surface area (Å²) in [4.78, 5) is 36.8. The smallest absolute Gasteiger partial charge is 0.326 e. The Labute approximate surface area is 219 Å². The Kier molecular flexibility index (Phi) is 12.1. The second kappa shape index (κ2) is 10.8. The van der Waals surface area contributed by atoms with Crippen LogP contribution in [0.4, 0.5) is 4.79 Å². The molecule has 150 valence electrons. The third-order valence-corrected chi connectivity index (χ3v) is 4.98. The van der Waals surface area contributed by atoms with Gasteiger partial charge in [-0.2, -0.15) is 0 Å². The van der Waals surface area contributed by atoms with E-state index in [-0.39, 0.29) is 117 Å². The minimum atomic E-state index is -0.307. The van der Waals surface area contributed by atoms with Gasteiger partial charge in [0.2, 0.25) is 11.8 Å². The van der Waals surface area contributed by atoms with Crippen molar-refractivity contribution in [2.24, 2.45) is 17.3 Å². The monoisotopic (exact) mass is 547 g/mol. The van der Waals surface area contributed by atoms with Crippen LogP contribution in [0.3, 0.4) is 0 Å². The number of hydrogen-bond acceptors (Lipinski definition) is 4. The zero-order valence-electron chi connectivity index (χ0n) is 17.7. The van der Waals surface area contributed by atoms with Crippen molar-refractivity contribution >= 4 is 30.5 Å². The van der Waals surface area contributed by atoms with E-state index in [4.69, 9.17) is 12.6 Å². The third-order valence-electron chi connectivity index (χ3n) is 4.73. The van der Waals surface area contributed by atoms with Crippen molar-refractivity contribution in [1.82, 2.24) is 15.1 Å². The summed E-state index contributed by atoms with van der Waals surface area (Å²) in [6.07, 6.45) is 0. The Balaban J connectivity index is 0. The first-order chi connectivity index (χ1) is 11.1. The van der Waals surface area contributed by atoms with Gasteiger partial charge in [0.1, 0.15) is 0 Å². The van der Waals surface area contributed by atoms with Crippen LogP contribution in [-0.4, -0.2) is 58.6 Å². The minimum absolute atomic E-state index is 0. The molecule has 2 aliphatic rings. The quantitative estimate of drug-likeness (QED) is 0.326. The van der Waals surface area contributed by atoms with Gasteiger partial charge in [-0.25, -0.2) is 4.79 Å². The maximum absolute atomic E-state index is 11.7. The molecule has 2 aliphatic heterocycles. The molecule has 0 saturated carbocycles. The summed E-state index contributed by atoms with van der Waals surface area (Å²) in [5.74, 6) is 0.0206. The largest absolute Gasteiger partial charge is 0.784 e. The average molecular weight is 547 g/mol. The van der Waals surface area contributed by atoms with Gasteiger partial charge < -0.3 is 29.8 Å². The number of carbonyl (C=O) groups excluding carboxylic acids is 3. The summed E-state index contributed by atoms with van der Waals surface area (Å²) in [6, 6.07) is -0.158. The molecule has 9 heteroatoms. The first-order valence-electron chi connectivity index (χ1n) is 8.51. The van der Waals surface area contributed by atoms with E-state index in [0.717, 1.165) is 0 Å². The number of imide groups is 1. The summed E-state index contributed by atoms with van der Waals surface area (Å²) in [5, 5.41) is 2.79. The Morgan fingerprint density at radius 1 is 1.11 bits per heavy atom. The molecular weight excluding hydrogens is 516 g/mol. The van der Waals surface area contributed by atoms with E-state index >= 15 is 0 Å². The molecule has 0 aliphatic carbocycles. The van der Waals surface area contributed by atoms with E-state index in [1.54, 1.807) is 14.1 Å². The van der Waals surface area contributed by atoms with Crippen LogP contribution in [0, 0.1) is 24.2 Å². The van der Waals surface area contributed by atoms with Crippen molar-refractivity contribution in [3.05, 3.63) is 6.92 Å². The molecule has 0 unspecified atom stereocenters. The molecule has 0 aromatic rings. The number of carbonyl (C=O) groups is 3. The van der Waals surface area contributed by atoms with Gasteiger partial charge in [-0.1, -0.05) is 41.5 Å². The molecular formula is C18H31N3O3SY2-2. The van der Waals surface area contributed by atoms with Gasteiger partial charge in [-0.3, -0.25) is 14.5 Å². The van der Waals surface area contributed by atoms with Gasteiger partial charge in [0.15, 0.2) is 0 Å². The first kappa shape index (κ1) is 30.2. The Morgan fingerprint density at radius 3 is 1.78 bits per heavy atom. The van der Waals surface area contributed by atoms with Crippen LogP contribution < -0.4 is 5.32 Å². The third kappa shape index (κ3) is 7.01. The Bertz CT molecular complexity index is 559. The predicted octanol–water partition coefficient (Wildman–Crippen LogP) is 1.82. The van der Waals surface area contributed by atoms with E-state index in [1.165, 1.54) is 9.80 Å². The van der Waals surface area contributed by atoms with Crippen molar-refractivity contribution in [3.63, 3.8) is 0 Å². The van der Waals surface area contributed by atoms with Crippen LogP contribution in [0.25, 0.3) is 0 Å². The minimum Gasteiger partial charge on any atom is -0.784 e. The fourth-order valence-electron chi connectivity index (χ4n) is 3.33. The van der Waals surface area contributed by atoms with Gasteiger partial charge in [0.05, 0.1) is 11.8 Å². The number of nitrogens with zero attached hydrogens (tertiary/aromatic N) is 2. The normalized spacial score (nSPS) is 26.8. The maximum atomic E-state index is 11.7. The van der Waals surface area contributed by atoms with E-state index in [1.807, 2.05) is 41.5 Å². The number of β-lactam (4-membered cyclic amide) rings is 2. The molecule has 1 N–H and O–H groups in total.